The molecule has 5 nitrogen and oxygen atoms in total. The van der Waals surface area contributed by atoms with E-state index in [0.29, 0.717) is 19.6 Å². The van der Waals surface area contributed by atoms with Gasteiger partial charge in [-0.15, -0.1) is 0 Å². The van der Waals surface area contributed by atoms with Crippen LogP contribution < -0.4 is 0 Å². The van der Waals surface area contributed by atoms with Crippen LogP contribution in [-0.2, 0) is 14.3 Å². The van der Waals surface area contributed by atoms with Gasteiger partial charge in [-0.1, -0.05) is 19.3 Å². The average Bonchev–Trinajstić information content (AvgIpc) is 2.46. The fourth-order valence-corrected chi connectivity index (χ4v) is 3.52. The zero-order valence-electron chi connectivity index (χ0n) is 15.0. The van der Waals surface area contributed by atoms with Crippen LogP contribution in [0.5, 0.6) is 0 Å². The first-order chi connectivity index (χ1) is 10.8. The number of carbonyl (C=O) groups excluding carboxylic acids is 2. The first-order valence-electron chi connectivity index (χ1n) is 8.89. The van der Waals surface area contributed by atoms with Gasteiger partial charge in [0.05, 0.1) is 25.3 Å². The lowest BCUT2D eigenvalue weighted by atomic mass is 9.84. The summed E-state index contributed by atoms with van der Waals surface area (Å²) in [6.45, 7) is 8.44. The van der Waals surface area contributed by atoms with E-state index in [4.69, 9.17) is 9.47 Å². The zero-order chi connectivity index (χ0) is 17.0. The first kappa shape index (κ1) is 18.2. The van der Waals surface area contributed by atoms with Crippen molar-refractivity contribution >= 4 is 11.9 Å². The molecule has 0 aromatic rings. The Bertz CT molecular complexity index is 423. The van der Waals surface area contributed by atoms with Crippen molar-refractivity contribution in [1.82, 2.24) is 4.90 Å². The van der Waals surface area contributed by atoms with Crippen LogP contribution in [0.15, 0.2) is 0 Å². The molecular formula is C18H31NO4. The lowest BCUT2D eigenvalue weighted by Crippen LogP contribution is -2.55. The normalized spacial score (nSPS) is 26.9. The van der Waals surface area contributed by atoms with Crippen molar-refractivity contribution in [3.8, 4) is 0 Å². The predicted molar refractivity (Wildman–Crippen MR) is 88.3 cm³/mol. The predicted octanol–water partition coefficient (Wildman–Crippen LogP) is 3.55. The van der Waals surface area contributed by atoms with Crippen LogP contribution in [0, 0.1) is 5.92 Å². The van der Waals surface area contributed by atoms with E-state index < -0.39 is 5.60 Å². The summed E-state index contributed by atoms with van der Waals surface area (Å²) in [6.07, 6.45) is 5.55. The molecule has 0 bridgehead atoms. The van der Waals surface area contributed by atoms with E-state index in [1.807, 2.05) is 27.7 Å². The highest BCUT2D eigenvalue weighted by Gasteiger charge is 2.37. The maximum Gasteiger partial charge on any atom is 0.410 e. The lowest BCUT2D eigenvalue weighted by molar-refractivity contribution is -0.127. The Kier molecular flexibility index (Phi) is 6.06. The first-order valence-corrected chi connectivity index (χ1v) is 8.89. The Morgan fingerprint density at radius 2 is 1.78 bits per heavy atom. The van der Waals surface area contributed by atoms with E-state index in [-0.39, 0.29) is 29.9 Å². The van der Waals surface area contributed by atoms with Crippen LogP contribution in [0.4, 0.5) is 4.79 Å². The molecule has 1 saturated carbocycles. The van der Waals surface area contributed by atoms with Gasteiger partial charge in [-0.05, 0) is 40.5 Å². The summed E-state index contributed by atoms with van der Waals surface area (Å²) in [5, 5.41) is 0. The summed E-state index contributed by atoms with van der Waals surface area (Å²) in [7, 11) is 0. The van der Waals surface area contributed by atoms with Crippen molar-refractivity contribution in [3.05, 3.63) is 0 Å². The van der Waals surface area contributed by atoms with Gasteiger partial charge in [0.1, 0.15) is 11.4 Å². The van der Waals surface area contributed by atoms with E-state index in [1.165, 1.54) is 6.42 Å². The highest BCUT2D eigenvalue weighted by molar-refractivity contribution is 5.82. The molecule has 2 unspecified atom stereocenters. The molecule has 0 aromatic carbocycles. The highest BCUT2D eigenvalue weighted by atomic mass is 16.6. The number of ketones is 1. The number of carbonyl (C=O) groups is 2. The largest absolute Gasteiger partial charge is 0.444 e. The van der Waals surface area contributed by atoms with Crippen molar-refractivity contribution in [3.63, 3.8) is 0 Å². The van der Waals surface area contributed by atoms with Crippen molar-refractivity contribution in [2.24, 2.45) is 5.92 Å². The second-order valence-electron chi connectivity index (χ2n) is 7.93. The van der Waals surface area contributed by atoms with E-state index in [9.17, 15) is 9.59 Å². The Morgan fingerprint density at radius 1 is 1.13 bits per heavy atom. The second kappa shape index (κ2) is 7.65. The maximum atomic E-state index is 12.6. The minimum atomic E-state index is -0.535. The van der Waals surface area contributed by atoms with Gasteiger partial charge in [0.2, 0.25) is 0 Å². The van der Waals surface area contributed by atoms with Gasteiger partial charge < -0.3 is 9.47 Å². The summed E-state index contributed by atoms with van der Waals surface area (Å²) in [4.78, 5) is 26.8. The number of nitrogens with zero attached hydrogens (tertiary/aromatic N) is 1. The summed E-state index contributed by atoms with van der Waals surface area (Å²) in [5.74, 6) is 0.447. The van der Waals surface area contributed by atoms with Crippen LogP contribution in [0.1, 0.15) is 66.2 Å². The lowest BCUT2D eigenvalue weighted by Gasteiger charge is -2.41. The van der Waals surface area contributed by atoms with Gasteiger partial charge in [-0.2, -0.15) is 0 Å². The molecule has 1 amide bonds. The topological polar surface area (TPSA) is 55.8 Å². The number of amides is 1. The molecule has 2 atom stereocenters. The van der Waals surface area contributed by atoms with Gasteiger partial charge in [0.25, 0.3) is 0 Å². The minimum absolute atomic E-state index is 0.0669. The standard InChI is InChI=1S/C18H31NO4/c1-13-11-22-12-15(19(13)17(21)23-18(2,3)4)10-16(20)14-8-6-5-7-9-14/h13-15H,5-12H2,1-4H3. The number of ether oxygens (including phenoxy) is 2. The Balaban J connectivity index is 2.01. The molecule has 23 heavy (non-hydrogen) atoms. The minimum Gasteiger partial charge on any atom is -0.444 e. The third-order valence-corrected chi connectivity index (χ3v) is 4.64. The average molecular weight is 325 g/mol. The van der Waals surface area contributed by atoms with E-state index >= 15 is 0 Å². The van der Waals surface area contributed by atoms with Crippen LogP contribution in [-0.4, -0.2) is 47.7 Å². The number of Topliss-reactive ketones (excluding diaryl/α,β-unsaturated/α-hetero) is 1. The van der Waals surface area contributed by atoms with Gasteiger partial charge in [-0.3, -0.25) is 9.69 Å². The molecule has 0 spiro atoms. The quantitative estimate of drug-likeness (QED) is 0.796. The summed E-state index contributed by atoms with van der Waals surface area (Å²) in [6, 6.07) is -0.272. The van der Waals surface area contributed by atoms with Crippen molar-refractivity contribution < 1.29 is 19.1 Å². The molecule has 1 saturated heterocycles. The molecular weight excluding hydrogens is 294 g/mol. The smallest absolute Gasteiger partial charge is 0.410 e. The van der Waals surface area contributed by atoms with Crippen LogP contribution in [0.2, 0.25) is 0 Å². The molecule has 132 valence electrons. The molecule has 1 aliphatic heterocycles. The van der Waals surface area contributed by atoms with Gasteiger partial charge >= 0.3 is 6.09 Å². The van der Waals surface area contributed by atoms with E-state index in [0.717, 1.165) is 25.7 Å². The zero-order valence-corrected chi connectivity index (χ0v) is 15.0. The van der Waals surface area contributed by atoms with Crippen molar-refractivity contribution in [2.45, 2.75) is 83.9 Å². The summed E-state index contributed by atoms with van der Waals surface area (Å²) in [5.41, 5.74) is -0.535. The summed E-state index contributed by atoms with van der Waals surface area (Å²) >= 11 is 0. The monoisotopic (exact) mass is 325 g/mol. The van der Waals surface area contributed by atoms with Crippen molar-refractivity contribution in [1.29, 1.82) is 0 Å². The fourth-order valence-electron chi connectivity index (χ4n) is 3.52. The van der Waals surface area contributed by atoms with Gasteiger partial charge in [0.15, 0.2) is 0 Å². The van der Waals surface area contributed by atoms with Gasteiger partial charge in [-0.25, -0.2) is 4.79 Å². The number of hydrogen-bond acceptors (Lipinski definition) is 4. The molecule has 1 aliphatic carbocycles. The molecule has 2 aliphatic rings. The Labute approximate surface area is 139 Å². The fraction of sp³-hybridized carbons (Fsp3) is 0.889. The third kappa shape index (κ3) is 5.20. The molecule has 0 radical (unpaired) electrons. The molecule has 0 N–H and O–H groups in total. The number of hydrogen-bond donors (Lipinski definition) is 0. The van der Waals surface area contributed by atoms with E-state index in [1.54, 1.807) is 4.90 Å². The molecule has 0 aromatic heterocycles. The number of rotatable bonds is 3. The van der Waals surface area contributed by atoms with Crippen molar-refractivity contribution in [2.75, 3.05) is 13.2 Å². The van der Waals surface area contributed by atoms with Crippen LogP contribution in [0.3, 0.4) is 0 Å². The van der Waals surface area contributed by atoms with E-state index in [2.05, 4.69) is 0 Å². The number of morpholine rings is 1. The maximum absolute atomic E-state index is 12.6. The van der Waals surface area contributed by atoms with Crippen LogP contribution >= 0.6 is 0 Å². The third-order valence-electron chi connectivity index (χ3n) is 4.64. The SMILES string of the molecule is CC1COCC(CC(=O)C2CCCCC2)N1C(=O)OC(C)(C)C. The molecule has 1 heterocycles. The molecule has 2 fully saturated rings. The highest BCUT2D eigenvalue weighted by Crippen LogP contribution is 2.28. The second-order valence-corrected chi connectivity index (χ2v) is 7.93. The summed E-state index contributed by atoms with van der Waals surface area (Å²) < 4.78 is 11.1. The van der Waals surface area contributed by atoms with Crippen LogP contribution in [0.25, 0.3) is 0 Å². The Morgan fingerprint density at radius 3 is 2.39 bits per heavy atom. The van der Waals surface area contributed by atoms with Gasteiger partial charge in [0, 0.05) is 12.3 Å². The molecule has 5 heteroatoms. The Hall–Kier alpha value is -1.10. The molecule has 2 rings (SSSR count).